The van der Waals surface area contributed by atoms with E-state index in [1.807, 2.05) is 6.92 Å². The molecule has 0 aliphatic carbocycles. The standard InChI is InChI=1S/C9H19ClN2O3S/c1-3-4-11-9(13)6-12-16(14,15)7-8(2)5-10/h8,12H,3-7H2,1-2H3,(H,11,13). The van der Waals surface area contributed by atoms with Gasteiger partial charge < -0.3 is 5.32 Å². The van der Waals surface area contributed by atoms with Crippen LogP contribution in [0.4, 0.5) is 0 Å². The first-order valence-electron chi connectivity index (χ1n) is 5.21. The van der Waals surface area contributed by atoms with Gasteiger partial charge in [-0.2, -0.15) is 0 Å². The summed E-state index contributed by atoms with van der Waals surface area (Å²) in [4.78, 5) is 11.1. The zero-order valence-electron chi connectivity index (χ0n) is 9.62. The minimum absolute atomic E-state index is 0.0580. The summed E-state index contributed by atoms with van der Waals surface area (Å²) < 4.78 is 25.1. The highest BCUT2D eigenvalue weighted by molar-refractivity contribution is 7.89. The van der Waals surface area contributed by atoms with Crippen LogP contribution in [0.25, 0.3) is 0 Å². The van der Waals surface area contributed by atoms with Gasteiger partial charge in [0.1, 0.15) is 0 Å². The van der Waals surface area contributed by atoms with Gasteiger partial charge in [-0.15, -0.1) is 11.6 Å². The molecule has 5 nitrogen and oxygen atoms in total. The number of alkyl halides is 1. The first-order chi connectivity index (χ1) is 7.41. The van der Waals surface area contributed by atoms with E-state index in [4.69, 9.17) is 11.6 Å². The van der Waals surface area contributed by atoms with Gasteiger partial charge in [0, 0.05) is 12.4 Å². The van der Waals surface area contributed by atoms with E-state index in [0.717, 1.165) is 6.42 Å². The fraction of sp³-hybridized carbons (Fsp3) is 0.889. The molecule has 7 heteroatoms. The minimum atomic E-state index is -3.41. The lowest BCUT2D eigenvalue weighted by Crippen LogP contribution is -2.39. The highest BCUT2D eigenvalue weighted by Gasteiger charge is 2.15. The van der Waals surface area contributed by atoms with Crippen molar-refractivity contribution >= 4 is 27.5 Å². The largest absolute Gasteiger partial charge is 0.355 e. The van der Waals surface area contributed by atoms with Gasteiger partial charge in [0.15, 0.2) is 0 Å². The molecular weight excluding hydrogens is 252 g/mol. The second kappa shape index (κ2) is 7.86. The molecule has 0 bridgehead atoms. The van der Waals surface area contributed by atoms with Crippen molar-refractivity contribution in [3.05, 3.63) is 0 Å². The Labute approximate surface area is 102 Å². The maximum atomic E-state index is 11.4. The van der Waals surface area contributed by atoms with Crippen LogP contribution in [0, 0.1) is 5.92 Å². The van der Waals surface area contributed by atoms with Crippen molar-refractivity contribution < 1.29 is 13.2 Å². The van der Waals surface area contributed by atoms with Gasteiger partial charge in [-0.1, -0.05) is 13.8 Å². The highest BCUT2D eigenvalue weighted by Crippen LogP contribution is 2.01. The van der Waals surface area contributed by atoms with Crippen LogP contribution in [0.15, 0.2) is 0 Å². The fourth-order valence-corrected chi connectivity index (χ4v) is 2.55. The summed E-state index contributed by atoms with van der Waals surface area (Å²) in [6.45, 7) is 4.01. The lowest BCUT2D eigenvalue weighted by molar-refractivity contribution is -0.119. The number of hydrogen-bond donors (Lipinski definition) is 2. The number of nitrogens with one attached hydrogen (secondary N) is 2. The maximum absolute atomic E-state index is 11.4. The Bertz CT molecular complexity index is 306. The van der Waals surface area contributed by atoms with Crippen LogP contribution in [0.1, 0.15) is 20.3 Å². The molecule has 2 N–H and O–H groups in total. The predicted octanol–water partition coefficient (Wildman–Crippen LogP) is 0.307. The van der Waals surface area contributed by atoms with Crippen molar-refractivity contribution in [2.24, 2.45) is 5.92 Å². The number of rotatable bonds is 8. The lowest BCUT2D eigenvalue weighted by Gasteiger charge is -2.10. The zero-order chi connectivity index (χ0) is 12.6. The first-order valence-corrected chi connectivity index (χ1v) is 7.40. The third kappa shape index (κ3) is 7.90. The molecule has 1 amide bonds. The van der Waals surface area contributed by atoms with Gasteiger partial charge in [-0.25, -0.2) is 13.1 Å². The summed E-state index contributed by atoms with van der Waals surface area (Å²) in [7, 11) is -3.41. The third-order valence-corrected chi connectivity index (χ3v) is 3.91. The molecule has 0 aliphatic heterocycles. The molecule has 0 aromatic carbocycles. The predicted molar refractivity (Wildman–Crippen MR) is 65.0 cm³/mol. The van der Waals surface area contributed by atoms with Crippen molar-refractivity contribution in [2.75, 3.05) is 24.7 Å². The smallest absolute Gasteiger partial charge is 0.235 e. The van der Waals surface area contributed by atoms with E-state index in [9.17, 15) is 13.2 Å². The van der Waals surface area contributed by atoms with Gasteiger partial charge in [0.2, 0.25) is 15.9 Å². The SMILES string of the molecule is CCCNC(=O)CNS(=O)(=O)CC(C)CCl. The number of amides is 1. The number of sulfonamides is 1. The molecule has 96 valence electrons. The summed E-state index contributed by atoms with van der Waals surface area (Å²) in [5, 5.41) is 2.58. The van der Waals surface area contributed by atoms with E-state index in [0.29, 0.717) is 6.54 Å². The monoisotopic (exact) mass is 270 g/mol. The number of hydrogen-bond acceptors (Lipinski definition) is 3. The van der Waals surface area contributed by atoms with E-state index in [1.165, 1.54) is 0 Å². The average Bonchev–Trinajstić information content (AvgIpc) is 2.23. The number of carbonyl (C=O) groups excluding carboxylic acids is 1. The van der Waals surface area contributed by atoms with Crippen LogP contribution in [-0.2, 0) is 14.8 Å². The molecule has 0 aromatic heterocycles. The molecule has 0 heterocycles. The molecule has 0 saturated heterocycles. The zero-order valence-corrected chi connectivity index (χ0v) is 11.2. The quantitative estimate of drug-likeness (QED) is 0.623. The van der Waals surface area contributed by atoms with Crippen molar-refractivity contribution in [2.45, 2.75) is 20.3 Å². The van der Waals surface area contributed by atoms with Crippen LogP contribution in [0.5, 0.6) is 0 Å². The van der Waals surface area contributed by atoms with Gasteiger partial charge in [0.25, 0.3) is 0 Å². The first kappa shape index (κ1) is 15.7. The van der Waals surface area contributed by atoms with Crippen molar-refractivity contribution in [3.8, 4) is 0 Å². The second-order valence-corrected chi connectivity index (χ2v) is 5.87. The Morgan fingerprint density at radius 2 is 2.06 bits per heavy atom. The average molecular weight is 271 g/mol. The third-order valence-electron chi connectivity index (χ3n) is 1.79. The van der Waals surface area contributed by atoms with Gasteiger partial charge in [-0.3, -0.25) is 4.79 Å². The van der Waals surface area contributed by atoms with Gasteiger partial charge >= 0.3 is 0 Å². The molecule has 0 radical (unpaired) electrons. The lowest BCUT2D eigenvalue weighted by atomic mass is 10.3. The van der Waals surface area contributed by atoms with E-state index >= 15 is 0 Å². The maximum Gasteiger partial charge on any atom is 0.235 e. The Kier molecular flexibility index (Phi) is 7.70. The molecule has 0 rings (SSSR count). The molecule has 1 unspecified atom stereocenters. The molecule has 0 aliphatic rings. The normalized spacial score (nSPS) is 13.4. The minimum Gasteiger partial charge on any atom is -0.355 e. The Morgan fingerprint density at radius 1 is 1.44 bits per heavy atom. The van der Waals surface area contributed by atoms with Crippen molar-refractivity contribution in [3.63, 3.8) is 0 Å². The van der Waals surface area contributed by atoms with E-state index in [2.05, 4.69) is 10.0 Å². The van der Waals surface area contributed by atoms with Crippen molar-refractivity contribution in [1.29, 1.82) is 0 Å². The molecule has 0 aromatic rings. The second-order valence-electron chi connectivity index (χ2n) is 3.71. The molecule has 0 fully saturated rings. The molecular formula is C9H19ClN2O3S. The number of halogens is 1. The van der Waals surface area contributed by atoms with E-state index in [1.54, 1.807) is 6.92 Å². The van der Waals surface area contributed by atoms with Gasteiger partial charge in [0.05, 0.1) is 12.3 Å². The van der Waals surface area contributed by atoms with Crippen LogP contribution >= 0.6 is 11.6 Å². The Morgan fingerprint density at radius 3 is 2.56 bits per heavy atom. The Balaban J connectivity index is 3.95. The van der Waals surface area contributed by atoms with Crippen LogP contribution < -0.4 is 10.0 Å². The molecule has 0 saturated carbocycles. The summed E-state index contributed by atoms with van der Waals surface area (Å²) in [6, 6.07) is 0. The van der Waals surface area contributed by atoms with Crippen molar-refractivity contribution in [1.82, 2.24) is 10.0 Å². The van der Waals surface area contributed by atoms with E-state index in [-0.39, 0.29) is 30.0 Å². The van der Waals surface area contributed by atoms with E-state index < -0.39 is 10.0 Å². The number of carbonyl (C=O) groups is 1. The summed E-state index contributed by atoms with van der Waals surface area (Å²) >= 11 is 5.52. The van der Waals surface area contributed by atoms with Gasteiger partial charge in [-0.05, 0) is 12.3 Å². The highest BCUT2D eigenvalue weighted by atomic mass is 35.5. The Hall–Kier alpha value is -0.330. The van der Waals surface area contributed by atoms with Crippen LogP contribution in [-0.4, -0.2) is 39.0 Å². The molecule has 16 heavy (non-hydrogen) atoms. The topological polar surface area (TPSA) is 75.3 Å². The van der Waals surface area contributed by atoms with Crippen LogP contribution in [0.2, 0.25) is 0 Å². The fourth-order valence-electron chi connectivity index (χ4n) is 0.980. The summed E-state index contributed by atoms with van der Waals surface area (Å²) in [5.41, 5.74) is 0. The summed E-state index contributed by atoms with van der Waals surface area (Å²) in [5.74, 6) is -0.220. The summed E-state index contributed by atoms with van der Waals surface area (Å²) in [6.07, 6.45) is 0.821. The van der Waals surface area contributed by atoms with Crippen LogP contribution in [0.3, 0.4) is 0 Å². The molecule has 1 atom stereocenters. The molecule has 0 spiro atoms.